The molecule has 1 N–H and O–H groups in total. The van der Waals surface area contributed by atoms with Crippen molar-refractivity contribution in [1.82, 2.24) is 4.90 Å². The fraction of sp³-hybridized carbons (Fsp3) is 0.600. The molecule has 1 aromatic carbocycles. The second-order valence-electron chi connectivity index (χ2n) is 8.45. The van der Waals surface area contributed by atoms with Crippen molar-refractivity contribution in [3.63, 3.8) is 0 Å². The number of esters is 1. The Morgan fingerprint density at radius 2 is 1.82 bits per heavy atom. The van der Waals surface area contributed by atoms with Gasteiger partial charge in [0.15, 0.2) is 5.76 Å². The lowest BCUT2D eigenvalue weighted by atomic mass is 9.91. The first-order valence-corrected chi connectivity index (χ1v) is 11.7. The van der Waals surface area contributed by atoms with Gasteiger partial charge in [0.1, 0.15) is 0 Å². The van der Waals surface area contributed by atoms with Crippen LogP contribution in [0.2, 0.25) is 0 Å². The van der Waals surface area contributed by atoms with Gasteiger partial charge in [-0.1, -0.05) is 31.4 Å². The van der Waals surface area contributed by atoms with E-state index in [-0.39, 0.29) is 36.8 Å². The molecule has 8 heteroatoms. The van der Waals surface area contributed by atoms with Crippen LogP contribution in [0.25, 0.3) is 0 Å². The van der Waals surface area contributed by atoms with Crippen molar-refractivity contribution in [3.05, 3.63) is 47.2 Å². The Morgan fingerprint density at radius 1 is 1.09 bits per heavy atom. The van der Waals surface area contributed by atoms with E-state index in [1.165, 1.54) is 13.5 Å². The normalized spacial score (nSPS) is 21.1. The van der Waals surface area contributed by atoms with E-state index < -0.39 is 12.3 Å². The van der Waals surface area contributed by atoms with Crippen molar-refractivity contribution in [1.29, 1.82) is 0 Å². The van der Waals surface area contributed by atoms with Crippen LogP contribution in [0.3, 0.4) is 0 Å². The molecule has 3 rings (SSSR count). The molecule has 33 heavy (non-hydrogen) atoms. The van der Waals surface area contributed by atoms with Crippen LogP contribution in [0.1, 0.15) is 60.4 Å². The maximum absolute atomic E-state index is 13.3. The molecule has 2 atom stereocenters. The van der Waals surface area contributed by atoms with Gasteiger partial charge in [0.05, 0.1) is 39.1 Å². The molecule has 1 fully saturated rings. The van der Waals surface area contributed by atoms with Gasteiger partial charge < -0.3 is 29.0 Å². The molecule has 1 heterocycles. The molecule has 0 bridgehead atoms. The Kier molecular flexibility index (Phi) is 9.72. The molecule has 182 valence electrons. The van der Waals surface area contributed by atoms with Gasteiger partial charge in [-0.2, -0.15) is 0 Å². The Balaban J connectivity index is 1.74. The number of hydrogen-bond acceptors (Lipinski definition) is 7. The first kappa shape index (κ1) is 25.2. The summed E-state index contributed by atoms with van der Waals surface area (Å²) in [5, 5.41) is 8.83. The standard InChI is InChI=1S/C25H35NO7/c1-26(21-6-4-3-5-7-21)24(28)22-16-20(17-23(33-22)32-15-14-31-13-12-27)18-8-10-19(11-9-18)25(29)30-2/h8-11,16,20-21,23,27H,3-7,12-15,17H2,1-2H3/t20-,23+/m0/s1. The molecule has 1 amide bonds. The molecule has 1 saturated carbocycles. The van der Waals surface area contributed by atoms with Crippen LogP contribution >= 0.6 is 0 Å². The number of amides is 1. The average Bonchev–Trinajstić information content (AvgIpc) is 2.87. The molecule has 2 aliphatic rings. The average molecular weight is 462 g/mol. The van der Waals surface area contributed by atoms with Crippen molar-refractivity contribution < 1.29 is 33.6 Å². The van der Waals surface area contributed by atoms with Gasteiger partial charge in [-0.15, -0.1) is 0 Å². The highest BCUT2D eigenvalue weighted by Gasteiger charge is 2.32. The van der Waals surface area contributed by atoms with Gasteiger partial charge in [0.2, 0.25) is 6.29 Å². The van der Waals surface area contributed by atoms with E-state index in [4.69, 9.17) is 24.1 Å². The van der Waals surface area contributed by atoms with Gasteiger partial charge in [0.25, 0.3) is 5.91 Å². The number of benzene rings is 1. The molecule has 0 radical (unpaired) electrons. The summed E-state index contributed by atoms with van der Waals surface area (Å²) in [6.07, 6.45) is 7.30. The predicted octanol–water partition coefficient (Wildman–Crippen LogP) is 3.00. The Bertz CT molecular complexity index is 801. The van der Waals surface area contributed by atoms with Gasteiger partial charge in [-0.3, -0.25) is 4.79 Å². The lowest BCUT2D eigenvalue weighted by Gasteiger charge is -2.34. The smallest absolute Gasteiger partial charge is 0.337 e. The number of ether oxygens (including phenoxy) is 4. The highest BCUT2D eigenvalue weighted by atomic mass is 16.7. The van der Waals surface area contributed by atoms with Gasteiger partial charge in [-0.05, 0) is 36.6 Å². The number of rotatable bonds is 10. The van der Waals surface area contributed by atoms with E-state index in [2.05, 4.69) is 0 Å². The molecular weight excluding hydrogens is 426 g/mol. The van der Waals surface area contributed by atoms with Crippen LogP contribution in [0.15, 0.2) is 36.1 Å². The van der Waals surface area contributed by atoms with Gasteiger partial charge >= 0.3 is 5.97 Å². The molecule has 8 nitrogen and oxygen atoms in total. The molecule has 0 saturated heterocycles. The molecule has 0 unspecified atom stereocenters. The Hall–Kier alpha value is -2.42. The maximum atomic E-state index is 13.3. The third-order valence-corrected chi connectivity index (χ3v) is 6.24. The van der Waals surface area contributed by atoms with Crippen molar-refractivity contribution in [3.8, 4) is 0 Å². The maximum Gasteiger partial charge on any atom is 0.337 e. The largest absolute Gasteiger partial charge is 0.465 e. The molecule has 1 aromatic rings. The Labute approximate surface area is 195 Å². The molecule has 1 aliphatic carbocycles. The minimum Gasteiger partial charge on any atom is -0.465 e. The number of aliphatic hydroxyl groups is 1. The van der Waals surface area contributed by atoms with Gasteiger partial charge in [-0.25, -0.2) is 4.79 Å². The lowest BCUT2D eigenvalue weighted by Crippen LogP contribution is -2.41. The van der Waals surface area contributed by atoms with Crippen molar-refractivity contribution in [2.75, 3.05) is 40.6 Å². The summed E-state index contributed by atoms with van der Waals surface area (Å²) in [4.78, 5) is 26.8. The zero-order valence-corrected chi connectivity index (χ0v) is 19.5. The third kappa shape index (κ3) is 7.03. The van der Waals surface area contributed by atoms with E-state index in [9.17, 15) is 9.59 Å². The summed E-state index contributed by atoms with van der Waals surface area (Å²) in [5.74, 6) is -0.341. The zero-order valence-electron chi connectivity index (χ0n) is 19.5. The molecular formula is C25H35NO7. The van der Waals surface area contributed by atoms with Crippen LogP contribution in [-0.2, 0) is 23.7 Å². The number of nitrogens with zero attached hydrogens (tertiary/aromatic N) is 1. The molecule has 0 spiro atoms. The second kappa shape index (κ2) is 12.7. The van der Waals surface area contributed by atoms with Crippen molar-refractivity contribution in [2.45, 2.75) is 56.8 Å². The van der Waals surface area contributed by atoms with Crippen LogP contribution < -0.4 is 0 Å². The minimum atomic E-state index is -0.600. The summed E-state index contributed by atoms with van der Waals surface area (Å²) in [6.45, 7) is 0.824. The number of methoxy groups -OCH3 is 1. The topological polar surface area (TPSA) is 94.5 Å². The van der Waals surface area contributed by atoms with Crippen LogP contribution in [0.5, 0.6) is 0 Å². The number of allylic oxidation sites excluding steroid dienone is 1. The van der Waals surface area contributed by atoms with E-state index >= 15 is 0 Å². The summed E-state index contributed by atoms with van der Waals surface area (Å²) < 4.78 is 21.9. The number of hydrogen-bond donors (Lipinski definition) is 1. The quantitative estimate of drug-likeness (QED) is 0.423. The lowest BCUT2D eigenvalue weighted by molar-refractivity contribution is -0.157. The van der Waals surface area contributed by atoms with Crippen molar-refractivity contribution >= 4 is 11.9 Å². The summed E-state index contributed by atoms with van der Waals surface area (Å²) in [6, 6.07) is 7.40. The first-order valence-electron chi connectivity index (χ1n) is 11.7. The number of carbonyl (C=O) groups is 2. The third-order valence-electron chi connectivity index (χ3n) is 6.24. The molecule has 0 aromatic heterocycles. The fourth-order valence-corrected chi connectivity index (χ4v) is 4.34. The Morgan fingerprint density at radius 3 is 2.48 bits per heavy atom. The van der Waals surface area contributed by atoms with E-state index in [0.29, 0.717) is 25.2 Å². The second-order valence-corrected chi connectivity index (χ2v) is 8.45. The summed E-state index contributed by atoms with van der Waals surface area (Å²) in [5.41, 5.74) is 1.43. The minimum absolute atomic E-state index is 0.0432. The first-order chi connectivity index (χ1) is 16.0. The molecule has 1 aliphatic heterocycles. The van der Waals surface area contributed by atoms with Gasteiger partial charge in [0, 0.05) is 25.4 Å². The number of likely N-dealkylation sites (N-methyl/N-ethyl adjacent to an activating group) is 1. The SMILES string of the molecule is COC(=O)c1ccc([C@H]2C=C(C(=O)N(C)C3CCCCC3)O[C@@H](OCCOCCO)C2)cc1. The zero-order chi connectivity index (χ0) is 23.6. The van der Waals surface area contributed by atoms with Crippen LogP contribution in [0.4, 0.5) is 0 Å². The number of carbonyl (C=O) groups excluding carboxylic acids is 2. The van der Waals surface area contributed by atoms with E-state index in [0.717, 1.165) is 31.2 Å². The summed E-state index contributed by atoms with van der Waals surface area (Å²) >= 11 is 0. The van der Waals surface area contributed by atoms with E-state index in [1.807, 2.05) is 25.3 Å². The highest BCUT2D eigenvalue weighted by Crippen LogP contribution is 2.33. The van der Waals surface area contributed by atoms with Crippen LogP contribution in [0, 0.1) is 0 Å². The summed E-state index contributed by atoms with van der Waals surface area (Å²) in [7, 11) is 3.19. The van der Waals surface area contributed by atoms with Crippen LogP contribution in [-0.4, -0.2) is 74.8 Å². The monoisotopic (exact) mass is 461 g/mol. The predicted molar refractivity (Wildman–Crippen MR) is 122 cm³/mol. The number of aliphatic hydroxyl groups excluding tert-OH is 1. The van der Waals surface area contributed by atoms with E-state index in [1.54, 1.807) is 17.0 Å². The highest BCUT2D eigenvalue weighted by molar-refractivity contribution is 5.92. The fourth-order valence-electron chi connectivity index (χ4n) is 4.34. The van der Waals surface area contributed by atoms with Crippen molar-refractivity contribution in [2.24, 2.45) is 0 Å².